The average molecular weight is 274 g/mol. The van der Waals surface area contributed by atoms with Crippen molar-refractivity contribution in [2.24, 2.45) is 5.73 Å². The number of nitrogens with two attached hydrogens (primary N) is 1. The van der Waals surface area contributed by atoms with Crippen LogP contribution in [0.15, 0.2) is 10.5 Å². The van der Waals surface area contributed by atoms with Crippen LogP contribution in [0.2, 0.25) is 0 Å². The Kier molecular flexibility index (Phi) is 4.42. The van der Waals surface area contributed by atoms with Crippen molar-refractivity contribution in [2.75, 3.05) is 20.8 Å². The first-order chi connectivity index (χ1) is 7.15. The minimum atomic E-state index is 0.585. The Labute approximate surface area is 98.7 Å². The number of benzene rings is 1. The van der Waals surface area contributed by atoms with Crippen LogP contribution < -0.4 is 15.2 Å². The molecule has 0 fully saturated rings. The van der Waals surface area contributed by atoms with E-state index < -0.39 is 0 Å². The second kappa shape index (κ2) is 5.37. The van der Waals surface area contributed by atoms with E-state index in [1.807, 2.05) is 13.0 Å². The number of methoxy groups -OCH3 is 2. The molecule has 0 radical (unpaired) electrons. The van der Waals surface area contributed by atoms with Crippen LogP contribution >= 0.6 is 15.9 Å². The normalized spacial score (nSPS) is 10.2. The van der Waals surface area contributed by atoms with E-state index in [1.165, 1.54) is 0 Å². The Morgan fingerprint density at radius 2 is 2.00 bits per heavy atom. The number of hydrogen-bond acceptors (Lipinski definition) is 3. The molecule has 3 nitrogen and oxygen atoms in total. The molecule has 0 amide bonds. The van der Waals surface area contributed by atoms with Gasteiger partial charge in [0, 0.05) is 10.0 Å². The standard InChI is InChI=1S/C11H16BrNO2/c1-7-6-9(14-2)11(15-3)8(4-5-13)10(7)12/h6H,4-5,13H2,1-3H3. The van der Waals surface area contributed by atoms with Gasteiger partial charge in [0.05, 0.1) is 14.2 Å². The molecule has 15 heavy (non-hydrogen) atoms. The predicted octanol–water partition coefficient (Wildman–Crippen LogP) is 2.28. The van der Waals surface area contributed by atoms with Crippen LogP contribution in [0.4, 0.5) is 0 Å². The number of hydrogen-bond donors (Lipinski definition) is 1. The SMILES string of the molecule is COc1cc(C)c(Br)c(CCN)c1OC. The highest BCUT2D eigenvalue weighted by Crippen LogP contribution is 2.38. The Morgan fingerprint density at radius 3 is 2.47 bits per heavy atom. The molecular formula is C11H16BrNO2. The molecule has 1 rings (SSSR count). The van der Waals surface area contributed by atoms with E-state index in [1.54, 1.807) is 14.2 Å². The Bertz CT molecular complexity index is 353. The Balaban J connectivity index is 3.35. The molecule has 1 aromatic carbocycles. The minimum absolute atomic E-state index is 0.585. The van der Waals surface area contributed by atoms with Crippen LogP contribution in [0.1, 0.15) is 11.1 Å². The van der Waals surface area contributed by atoms with E-state index in [-0.39, 0.29) is 0 Å². The molecule has 0 saturated carbocycles. The van der Waals surface area contributed by atoms with Crippen molar-refractivity contribution in [1.82, 2.24) is 0 Å². The van der Waals surface area contributed by atoms with Gasteiger partial charge in [-0.15, -0.1) is 0 Å². The number of ether oxygens (including phenoxy) is 2. The quantitative estimate of drug-likeness (QED) is 0.916. The molecule has 0 aliphatic carbocycles. The second-order valence-electron chi connectivity index (χ2n) is 3.26. The zero-order valence-corrected chi connectivity index (χ0v) is 10.8. The average Bonchev–Trinajstić information content (AvgIpc) is 2.24. The van der Waals surface area contributed by atoms with Crippen molar-refractivity contribution >= 4 is 15.9 Å². The highest BCUT2D eigenvalue weighted by atomic mass is 79.9. The fraction of sp³-hybridized carbons (Fsp3) is 0.455. The lowest BCUT2D eigenvalue weighted by molar-refractivity contribution is 0.351. The molecule has 0 heterocycles. The molecule has 0 unspecified atom stereocenters. The first-order valence-electron chi connectivity index (χ1n) is 4.75. The maximum Gasteiger partial charge on any atom is 0.165 e. The Hall–Kier alpha value is -0.740. The zero-order valence-electron chi connectivity index (χ0n) is 9.26. The Morgan fingerprint density at radius 1 is 1.33 bits per heavy atom. The van der Waals surface area contributed by atoms with Gasteiger partial charge in [-0.1, -0.05) is 15.9 Å². The monoisotopic (exact) mass is 273 g/mol. The van der Waals surface area contributed by atoms with Gasteiger partial charge in [-0.2, -0.15) is 0 Å². The maximum atomic E-state index is 5.58. The van der Waals surface area contributed by atoms with Gasteiger partial charge in [-0.25, -0.2) is 0 Å². The molecule has 0 aliphatic rings. The number of rotatable bonds is 4. The molecular weight excluding hydrogens is 258 g/mol. The van der Waals surface area contributed by atoms with Gasteiger partial charge in [0.1, 0.15) is 0 Å². The van der Waals surface area contributed by atoms with Crippen LogP contribution in [-0.4, -0.2) is 20.8 Å². The molecule has 4 heteroatoms. The summed E-state index contributed by atoms with van der Waals surface area (Å²) in [5.41, 5.74) is 7.77. The lowest BCUT2D eigenvalue weighted by Crippen LogP contribution is -2.06. The largest absolute Gasteiger partial charge is 0.493 e. The molecule has 2 N–H and O–H groups in total. The number of aryl methyl sites for hydroxylation is 1. The maximum absolute atomic E-state index is 5.58. The van der Waals surface area contributed by atoms with E-state index in [2.05, 4.69) is 15.9 Å². The second-order valence-corrected chi connectivity index (χ2v) is 4.05. The molecule has 0 atom stereocenters. The molecule has 0 bridgehead atoms. The van der Waals surface area contributed by atoms with Crippen molar-refractivity contribution in [1.29, 1.82) is 0 Å². The third kappa shape index (κ3) is 2.44. The lowest BCUT2D eigenvalue weighted by atomic mass is 10.1. The molecule has 0 spiro atoms. The van der Waals surface area contributed by atoms with Gasteiger partial charge < -0.3 is 15.2 Å². The van der Waals surface area contributed by atoms with E-state index in [9.17, 15) is 0 Å². The molecule has 84 valence electrons. The summed E-state index contributed by atoms with van der Waals surface area (Å²) in [4.78, 5) is 0. The summed E-state index contributed by atoms with van der Waals surface area (Å²) in [6, 6.07) is 1.95. The minimum Gasteiger partial charge on any atom is -0.493 e. The third-order valence-corrected chi connectivity index (χ3v) is 3.38. The van der Waals surface area contributed by atoms with Gasteiger partial charge >= 0.3 is 0 Å². The molecule has 0 aromatic heterocycles. The van der Waals surface area contributed by atoms with Crippen LogP contribution in [0, 0.1) is 6.92 Å². The van der Waals surface area contributed by atoms with Crippen molar-refractivity contribution < 1.29 is 9.47 Å². The highest BCUT2D eigenvalue weighted by Gasteiger charge is 2.15. The zero-order chi connectivity index (χ0) is 11.4. The van der Waals surface area contributed by atoms with Gasteiger partial charge in [-0.3, -0.25) is 0 Å². The summed E-state index contributed by atoms with van der Waals surface area (Å²) in [6.45, 7) is 2.60. The molecule has 0 aliphatic heterocycles. The fourth-order valence-corrected chi connectivity index (χ4v) is 2.05. The topological polar surface area (TPSA) is 44.5 Å². The van der Waals surface area contributed by atoms with Crippen LogP contribution in [0.3, 0.4) is 0 Å². The summed E-state index contributed by atoms with van der Waals surface area (Å²) in [7, 11) is 3.27. The summed E-state index contributed by atoms with van der Waals surface area (Å²) < 4.78 is 11.7. The van der Waals surface area contributed by atoms with Crippen molar-refractivity contribution in [3.8, 4) is 11.5 Å². The van der Waals surface area contributed by atoms with Crippen molar-refractivity contribution in [3.63, 3.8) is 0 Å². The summed E-state index contributed by atoms with van der Waals surface area (Å²) in [6.07, 6.45) is 0.766. The van der Waals surface area contributed by atoms with Gasteiger partial charge in [0.25, 0.3) is 0 Å². The van der Waals surface area contributed by atoms with Gasteiger partial charge in [-0.05, 0) is 31.5 Å². The summed E-state index contributed by atoms with van der Waals surface area (Å²) in [5, 5.41) is 0. The smallest absolute Gasteiger partial charge is 0.165 e. The fourth-order valence-electron chi connectivity index (χ4n) is 1.55. The summed E-state index contributed by atoms with van der Waals surface area (Å²) >= 11 is 3.55. The molecule has 1 aromatic rings. The van der Waals surface area contributed by atoms with E-state index in [4.69, 9.17) is 15.2 Å². The third-order valence-electron chi connectivity index (χ3n) is 2.28. The van der Waals surface area contributed by atoms with Gasteiger partial charge in [0.15, 0.2) is 11.5 Å². The van der Waals surface area contributed by atoms with Gasteiger partial charge in [0.2, 0.25) is 0 Å². The van der Waals surface area contributed by atoms with Crippen LogP contribution in [0.25, 0.3) is 0 Å². The predicted molar refractivity (Wildman–Crippen MR) is 64.7 cm³/mol. The first kappa shape index (κ1) is 12.3. The molecule has 0 saturated heterocycles. The van der Waals surface area contributed by atoms with E-state index >= 15 is 0 Å². The first-order valence-corrected chi connectivity index (χ1v) is 5.55. The van der Waals surface area contributed by atoms with Crippen LogP contribution in [-0.2, 0) is 6.42 Å². The lowest BCUT2D eigenvalue weighted by Gasteiger charge is -2.15. The number of halogens is 1. The van der Waals surface area contributed by atoms with Crippen LogP contribution in [0.5, 0.6) is 11.5 Å². The van der Waals surface area contributed by atoms with E-state index in [0.717, 1.165) is 33.5 Å². The summed E-state index contributed by atoms with van der Waals surface area (Å²) in [5.74, 6) is 1.52. The van der Waals surface area contributed by atoms with Crippen molar-refractivity contribution in [3.05, 3.63) is 21.7 Å². The van der Waals surface area contributed by atoms with Crippen molar-refractivity contribution in [2.45, 2.75) is 13.3 Å². The highest BCUT2D eigenvalue weighted by molar-refractivity contribution is 9.10. The van der Waals surface area contributed by atoms with E-state index in [0.29, 0.717) is 6.54 Å².